The highest BCUT2D eigenvalue weighted by Crippen LogP contribution is 2.24. The summed E-state index contributed by atoms with van der Waals surface area (Å²) in [6.45, 7) is 4.11. The van der Waals surface area contributed by atoms with E-state index < -0.39 is 0 Å². The molecule has 2 aromatic rings. The van der Waals surface area contributed by atoms with Crippen molar-refractivity contribution in [1.82, 2.24) is 0 Å². The molecule has 0 amide bonds. The summed E-state index contributed by atoms with van der Waals surface area (Å²) in [5, 5.41) is 3.41. The van der Waals surface area contributed by atoms with Crippen LogP contribution in [0.3, 0.4) is 0 Å². The first-order chi connectivity index (χ1) is 9.06. The van der Waals surface area contributed by atoms with Crippen molar-refractivity contribution in [1.29, 1.82) is 0 Å². The summed E-state index contributed by atoms with van der Waals surface area (Å²) < 4.78 is 14.6. The highest BCUT2D eigenvalue weighted by molar-refractivity contribution is 9.10. The minimum Gasteiger partial charge on any atom is -0.381 e. The summed E-state index contributed by atoms with van der Waals surface area (Å²) >= 11 is 3.52. The minimum absolute atomic E-state index is 0.139. The van der Waals surface area contributed by atoms with E-state index in [0.29, 0.717) is 6.42 Å². The number of benzene rings is 2. The molecule has 0 aliphatic rings. The van der Waals surface area contributed by atoms with Crippen LogP contribution in [-0.4, -0.2) is 6.04 Å². The Morgan fingerprint density at radius 3 is 2.68 bits per heavy atom. The first kappa shape index (κ1) is 14.1. The molecule has 3 heteroatoms. The normalized spacial score (nSPS) is 12.2. The fourth-order valence-electron chi connectivity index (χ4n) is 2.06. The standard InChI is InChI=1S/C16H17BrFN/c1-11-7-8-14(17)16(9-11)19-12(2)10-13-5-3-4-6-15(13)18/h3-9,12,19H,10H2,1-2H3. The molecule has 0 heterocycles. The van der Waals surface area contributed by atoms with Crippen LogP contribution in [0, 0.1) is 12.7 Å². The predicted octanol–water partition coefficient (Wildman–Crippen LogP) is 4.94. The van der Waals surface area contributed by atoms with Crippen molar-refractivity contribution < 1.29 is 4.39 Å². The van der Waals surface area contributed by atoms with E-state index in [1.54, 1.807) is 6.07 Å². The van der Waals surface area contributed by atoms with E-state index in [-0.39, 0.29) is 11.9 Å². The van der Waals surface area contributed by atoms with Gasteiger partial charge in [0.25, 0.3) is 0 Å². The van der Waals surface area contributed by atoms with Crippen LogP contribution in [0.15, 0.2) is 46.9 Å². The molecule has 0 radical (unpaired) electrons. The molecule has 1 nitrogen and oxygen atoms in total. The van der Waals surface area contributed by atoms with E-state index >= 15 is 0 Å². The monoisotopic (exact) mass is 321 g/mol. The molecule has 0 aliphatic heterocycles. The number of aryl methyl sites for hydroxylation is 1. The topological polar surface area (TPSA) is 12.0 Å². The Kier molecular flexibility index (Phi) is 4.59. The van der Waals surface area contributed by atoms with Gasteiger partial charge in [-0.3, -0.25) is 0 Å². The summed E-state index contributed by atoms with van der Waals surface area (Å²) in [7, 11) is 0. The van der Waals surface area contributed by atoms with Crippen molar-refractivity contribution in [2.75, 3.05) is 5.32 Å². The number of hydrogen-bond donors (Lipinski definition) is 1. The van der Waals surface area contributed by atoms with Crippen LogP contribution in [0.2, 0.25) is 0 Å². The zero-order chi connectivity index (χ0) is 13.8. The lowest BCUT2D eigenvalue weighted by molar-refractivity contribution is 0.601. The molecule has 1 N–H and O–H groups in total. The maximum Gasteiger partial charge on any atom is 0.126 e. The van der Waals surface area contributed by atoms with Gasteiger partial charge in [0.15, 0.2) is 0 Å². The Labute approximate surface area is 122 Å². The van der Waals surface area contributed by atoms with Gasteiger partial charge in [0.1, 0.15) is 5.82 Å². The second kappa shape index (κ2) is 6.20. The van der Waals surface area contributed by atoms with Gasteiger partial charge < -0.3 is 5.32 Å². The minimum atomic E-state index is -0.139. The molecule has 0 spiro atoms. The van der Waals surface area contributed by atoms with Crippen LogP contribution in [0.5, 0.6) is 0 Å². The van der Waals surface area contributed by atoms with Crippen molar-refractivity contribution in [2.24, 2.45) is 0 Å². The van der Waals surface area contributed by atoms with E-state index in [0.717, 1.165) is 15.7 Å². The van der Waals surface area contributed by atoms with Crippen molar-refractivity contribution in [3.05, 3.63) is 63.9 Å². The molecule has 0 aliphatic carbocycles. The third-order valence-corrected chi connectivity index (χ3v) is 3.70. The quantitative estimate of drug-likeness (QED) is 0.841. The average molecular weight is 322 g/mol. The Morgan fingerprint density at radius 2 is 1.95 bits per heavy atom. The van der Waals surface area contributed by atoms with E-state index in [1.165, 1.54) is 11.6 Å². The number of anilines is 1. The van der Waals surface area contributed by atoms with Gasteiger partial charge in [0.05, 0.1) is 0 Å². The molecular weight excluding hydrogens is 305 g/mol. The second-order valence-corrected chi connectivity index (χ2v) is 5.68. The Bertz CT molecular complexity index is 568. The predicted molar refractivity (Wildman–Crippen MR) is 82.1 cm³/mol. The molecule has 2 rings (SSSR count). The Morgan fingerprint density at radius 1 is 1.21 bits per heavy atom. The van der Waals surface area contributed by atoms with Gasteiger partial charge in [0, 0.05) is 16.2 Å². The van der Waals surface area contributed by atoms with Crippen LogP contribution in [0.4, 0.5) is 10.1 Å². The van der Waals surface area contributed by atoms with Gasteiger partial charge in [-0.2, -0.15) is 0 Å². The lowest BCUT2D eigenvalue weighted by Gasteiger charge is -2.17. The smallest absolute Gasteiger partial charge is 0.126 e. The molecule has 19 heavy (non-hydrogen) atoms. The first-order valence-corrected chi connectivity index (χ1v) is 7.11. The third kappa shape index (κ3) is 3.80. The largest absolute Gasteiger partial charge is 0.381 e. The van der Waals surface area contributed by atoms with Gasteiger partial charge in [-0.15, -0.1) is 0 Å². The number of hydrogen-bond acceptors (Lipinski definition) is 1. The van der Waals surface area contributed by atoms with Crippen molar-refractivity contribution in [3.63, 3.8) is 0 Å². The average Bonchev–Trinajstić information content (AvgIpc) is 2.37. The SMILES string of the molecule is Cc1ccc(Br)c(NC(C)Cc2ccccc2F)c1. The first-order valence-electron chi connectivity index (χ1n) is 6.32. The Balaban J connectivity index is 2.07. The van der Waals surface area contributed by atoms with Gasteiger partial charge in [-0.25, -0.2) is 4.39 Å². The zero-order valence-corrected chi connectivity index (χ0v) is 12.7. The zero-order valence-electron chi connectivity index (χ0n) is 11.1. The Hall–Kier alpha value is -1.35. The van der Waals surface area contributed by atoms with Gasteiger partial charge in [-0.05, 0) is 65.5 Å². The van der Waals surface area contributed by atoms with Gasteiger partial charge in [-0.1, -0.05) is 24.3 Å². The van der Waals surface area contributed by atoms with Crippen molar-refractivity contribution >= 4 is 21.6 Å². The molecule has 1 atom stereocenters. The molecule has 100 valence electrons. The van der Waals surface area contributed by atoms with E-state index in [9.17, 15) is 4.39 Å². The summed E-state index contributed by atoms with van der Waals surface area (Å²) in [6.07, 6.45) is 0.660. The molecule has 1 unspecified atom stereocenters. The summed E-state index contributed by atoms with van der Waals surface area (Å²) in [5.74, 6) is -0.139. The van der Waals surface area contributed by atoms with E-state index in [2.05, 4.69) is 47.2 Å². The lowest BCUT2D eigenvalue weighted by atomic mass is 10.1. The molecule has 0 aromatic heterocycles. The fourth-order valence-corrected chi connectivity index (χ4v) is 2.42. The third-order valence-electron chi connectivity index (χ3n) is 3.01. The molecule has 2 aromatic carbocycles. The number of halogens is 2. The van der Waals surface area contributed by atoms with Gasteiger partial charge in [0.2, 0.25) is 0 Å². The highest BCUT2D eigenvalue weighted by Gasteiger charge is 2.09. The summed E-state index contributed by atoms with van der Waals surface area (Å²) in [4.78, 5) is 0. The maximum absolute atomic E-state index is 13.6. The van der Waals surface area contributed by atoms with Crippen LogP contribution >= 0.6 is 15.9 Å². The lowest BCUT2D eigenvalue weighted by Crippen LogP contribution is -2.19. The fraction of sp³-hybridized carbons (Fsp3) is 0.250. The van der Waals surface area contributed by atoms with Crippen LogP contribution < -0.4 is 5.32 Å². The molecule has 0 saturated heterocycles. The maximum atomic E-state index is 13.6. The number of rotatable bonds is 4. The van der Waals surface area contributed by atoms with Gasteiger partial charge >= 0.3 is 0 Å². The van der Waals surface area contributed by atoms with Crippen molar-refractivity contribution in [3.8, 4) is 0 Å². The van der Waals surface area contributed by atoms with Crippen LogP contribution in [0.25, 0.3) is 0 Å². The second-order valence-electron chi connectivity index (χ2n) is 4.82. The molecule has 0 bridgehead atoms. The number of nitrogens with one attached hydrogen (secondary N) is 1. The molecular formula is C16H17BrFN. The summed E-state index contributed by atoms with van der Waals surface area (Å²) in [5.41, 5.74) is 2.99. The van der Waals surface area contributed by atoms with Crippen LogP contribution in [-0.2, 0) is 6.42 Å². The van der Waals surface area contributed by atoms with Crippen molar-refractivity contribution in [2.45, 2.75) is 26.3 Å². The summed E-state index contributed by atoms with van der Waals surface area (Å²) in [6, 6.07) is 13.2. The molecule has 0 saturated carbocycles. The van der Waals surface area contributed by atoms with E-state index in [1.807, 2.05) is 18.2 Å². The molecule has 0 fully saturated rings. The highest BCUT2D eigenvalue weighted by atomic mass is 79.9. The van der Waals surface area contributed by atoms with E-state index in [4.69, 9.17) is 0 Å². The van der Waals surface area contributed by atoms with Crippen LogP contribution in [0.1, 0.15) is 18.1 Å².